The largest absolute Gasteiger partial charge is 0.459 e. The van der Waals surface area contributed by atoms with Crippen LogP contribution in [0.25, 0.3) is 21.8 Å². The number of fused-ring (bicyclic) bond motifs is 2. The van der Waals surface area contributed by atoms with Crippen LogP contribution in [0, 0.1) is 35.5 Å². The average Bonchev–Trinajstić information content (AvgIpc) is 1.37. The highest BCUT2D eigenvalue weighted by atomic mass is 16.7. The molecule has 32 atom stereocenters. The first-order chi connectivity index (χ1) is 57.7. The molecule has 5 saturated heterocycles. The zero-order valence-electron chi connectivity index (χ0n) is 78.6. The molecule has 5 aliphatic rings. The van der Waals surface area contributed by atoms with Crippen molar-refractivity contribution in [3.05, 3.63) is 84.2 Å². The number of ether oxygens (including phenoxy) is 11. The van der Waals surface area contributed by atoms with Crippen LogP contribution in [0.15, 0.2) is 73.1 Å². The maximum absolute atomic E-state index is 14.5. The van der Waals surface area contributed by atoms with Crippen LogP contribution >= 0.6 is 0 Å². The summed E-state index contributed by atoms with van der Waals surface area (Å²) in [5, 5.41) is 104. The molecule has 0 spiro atoms. The van der Waals surface area contributed by atoms with Crippen LogP contribution in [0.1, 0.15) is 194 Å². The number of carbonyl (C=O) groups is 2. The number of carbonyl (C=O) groups excluding carboxylic acids is 2. The van der Waals surface area contributed by atoms with E-state index < -0.39 is 168 Å². The summed E-state index contributed by atoms with van der Waals surface area (Å²) in [5.74, 6) is -5.17. The second-order valence-electron chi connectivity index (χ2n) is 38.5. The van der Waals surface area contributed by atoms with Crippen LogP contribution in [0.4, 0.5) is 0 Å². The van der Waals surface area contributed by atoms with Crippen LogP contribution in [-0.4, -0.2) is 328 Å². The van der Waals surface area contributed by atoms with Crippen molar-refractivity contribution in [1.82, 2.24) is 40.2 Å². The average molecular weight is 1740 g/mol. The summed E-state index contributed by atoms with van der Waals surface area (Å²) < 4.78 is 71.6. The Morgan fingerprint density at radius 2 is 0.935 bits per heavy atom. The molecule has 0 amide bonds. The number of benzene rings is 2. The van der Waals surface area contributed by atoms with Gasteiger partial charge in [0.05, 0.1) is 82.4 Å². The lowest BCUT2D eigenvalue weighted by atomic mass is 9.77. The third kappa shape index (κ3) is 26.3. The second-order valence-corrected chi connectivity index (χ2v) is 38.5. The number of aliphatic hydroxyl groups excluding tert-OH is 4. The first-order valence-electron chi connectivity index (χ1n) is 45.3. The molecule has 7 heterocycles. The lowest BCUT2D eigenvalue weighted by molar-refractivity contribution is -0.321. The van der Waals surface area contributed by atoms with E-state index in [2.05, 4.69) is 42.5 Å². The van der Waals surface area contributed by atoms with Gasteiger partial charge in [0.25, 0.3) is 0 Å². The normalized spacial score (nSPS) is 40.0. The van der Waals surface area contributed by atoms with Crippen molar-refractivity contribution >= 4 is 33.7 Å². The number of hydrogen-bond acceptors (Lipinski definition) is 29. The predicted molar refractivity (Wildman–Crippen MR) is 473 cm³/mol. The molecule has 2 aromatic heterocycles. The number of aromatic nitrogens is 2. The fourth-order valence-electron chi connectivity index (χ4n) is 19.7. The van der Waals surface area contributed by atoms with Crippen LogP contribution in [0.5, 0.6) is 0 Å². The summed E-state index contributed by atoms with van der Waals surface area (Å²) in [7, 11) is 13.3. The molecule has 0 bridgehead atoms. The number of rotatable bonds is 25. The highest BCUT2D eigenvalue weighted by Crippen LogP contribution is 2.43. The van der Waals surface area contributed by atoms with E-state index in [-0.39, 0.29) is 68.2 Å². The summed E-state index contributed by atoms with van der Waals surface area (Å²) in [6.45, 7) is 36.8. The first-order valence-corrected chi connectivity index (χ1v) is 45.3. The maximum Gasteiger partial charge on any atom is 0.311 e. The van der Waals surface area contributed by atoms with E-state index in [9.17, 15) is 50.4 Å². The quantitative estimate of drug-likeness (QED) is 0.0220. The van der Waals surface area contributed by atoms with Crippen molar-refractivity contribution in [1.29, 1.82) is 0 Å². The van der Waals surface area contributed by atoms with Gasteiger partial charge in [-0.3, -0.25) is 19.6 Å². The number of nitrogens with zero attached hydrogens (tertiary/aromatic N) is 6. The third-order valence-electron chi connectivity index (χ3n) is 27.3. The molecule has 29 nitrogen and oxygen atoms in total. The molecule has 700 valence electrons. The van der Waals surface area contributed by atoms with Gasteiger partial charge < -0.3 is 123 Å². The smallest absolute Gasteiger partial charge is 0.311 e. The van der Waals surface area contributed by atoms with Crippen LogP contribution in [0.3, 0.4) is 0 Å². The Balaban J connectivity index is 0.000000310. The van der Waals surface area contributed by atoms with Crippen molar-refractivity contribution in [2.75, 3.05) is 88.8 Å². The molecular weight excluding hydrogens is 1580 g/mol. The van der Waals surface area contributed by atoms with Crippen molar-refractivity contribution < 1.29 is 103 Å². The number of nitrogens with one attached hydrogen (secondary N) is 2. The Labute approximate surface area is 733 Å². The zero-order chi connectivity index (χ0) is 91.1. The van der Waals surface area contributed by atoms with Gasteiger partial charge in [0.1, 0.15) is 53.9 Å². The van der Waals surface area contributed by atoms with Crippen molar-refractivity contribution in [2.45, 2.75) is 352 Å². The molecule has 123 heavy (non-hydrogen) atoms. The summed E-state index contributed by atoms with van der Waals surface area (Å²) in [4.78, 5) is 45.3. The molecule has 0 radical (unpaired) electrons. The van der Waals surface area contributed by atoms with E-state index in [0.29, 0.717) is 65.2 Å². The van der Waals surface area contributed by atoms with Crippen molar-refractivity contribution in [3.8, 4) is 0 Å². The molecule has 29 heteroatoms. The second kappa shape index (κ2) is 45.7. The molecule has 10 N–H and O–H groups in total. The lowest BCUT2D eigenvalue weighted by Crippen LogP contribution is -2.61. The fourth-order valence-corrected chi connectivity index (χ4v) is 19.7. The SMILES string of the molecule is CC[C@H]1OC(=O)[C@H](C)[C@@H](O)[C@H](C)[C@@H](O[C@@H]2O[C@H](C)C[C@H](N(C)C)[C@H]2OCCCNCc2ccnc3ccccc23)[C@](C)(O)C[C@@H](C)CN(C)[C@H](C)[C@@H](O)[C@]1(C)O.CC[C@H]1OC(=O)[C@H](C)[C@@H](O[C@H]2C[C@@](C)(OC)[C@@H](O)[C@H](C)O2)[C@H](C)[C@@H](O[C@@H]2O[C@H](C)C[C@H](N(C)C)[C@H]2OCCCNCc2ccnc3ccccc23)[C@](C)(O)C[C@@H](C)CN(C)[C@H](C)[C@@H](O)[C@]1(C)O. The van der Waals surface area contributed by atoms with E-state index in [4.69, 9.17) is 52.1 Å². The van der Waals surface area contributed by atoms with Gasteiger partial charge in [-0.1, -0.05) is 77.9 Å². The van der Waals surface area contributed by atoms with Gasteiger partial charge in [-0.25, -0.2) is 0 Å². The summed E-state index contributed by atoms with van der Waals surface area (Å²) in [6, 6.07) is 19.1. The Hall–Kier alpha value is -4.72. The molecule has 0 unspecified atom stereocenters. The zero-order valence-corrected chi connectivity index (χ0v) is 78.6. The van der Waals surface area contributed by atoms with Crippen molar-refractivity contribution in [2.24, 2.45) is 35.5 Å². The third-order valence-corrected chi connectivity index (χ3v) is 27.3. The molecule has 5 fully saturated rings. The molecule has 0 saturated carbocycles. The van der Waals surface area contributed by atoms with Gasteiger partial charge in [0, 0.05) is 112 Å². The Bertz CT molecular complexity index is 3850. The van der Waals surface area contributed by atoms with Gasteiger partial charge in [0.15, 0.2) is 18.9 Å². The highest BCUT2D eigenvalue weighted by Gasteiger charge is 2.56. The maximum atomic E-state index is 14.5. The van der Waals surface area contributed by atoms with Crippen molar-refractivity contribution in [3.63, 3.8) is 0 Å². The number of cyclic esters (lactones) is 2. The molecule has 5 aliphatic heterocycles. The van der Waals surface area contributed by atoms with Crippen LogP contribution < -0.4 is 10.6 Å². The molecular formula is C94H158N8O21. The first kappa shape index (κ1) is 104. The van der Waals surface area contributed by atoms with Crippen LogP contribution in [0.2, 0.25) is 0 Å². The number of para-hydroxylation sites is 2. The van der Waals surface area contributed by atoms with Gasteiger partial charge in [-0.05, 0) is 237 Å². The van der Waals surface area contributed by atoms with Crippen LogP contribution in [-0.2, 0) is 74.8 Å². The Kier molecular flexibility index (Phi) is 38.5. The van der Waals surface area contributed by atoms with Gasteiger partial charge in [0.2, 0.25) is 0 Å². The molecule has 4 aromatic rings. The number of hydrogen-bond donors (Lipinski definition) is 10. The highest BCUT2D eigenvalue weighted by molar-refractivity contribution is 5.82. The summed E-state index contributed by atoms with van der Waals surface area (Å²) in [5.41, 5.74) is -3.35. The fraction of sp³-hybridized carbons (Fsp3) is 0.787. The van der Waals surface area contributed by atoms with Gasteiger partial charge in [-0.15, -0.1) is 0 Å². The number of aliphatic hydroxyl groups is 8. The van der Waals surface area contributed by atoms with E-state index in [0.717, 1.165) is 34.8 Å². The minimum absolute atomic E-state index is 0.0551. The molecule has 0 aliphatic carbocycles. The predicted octanol–water partition coefficient (Wildman–Crippen LogP) is 8.38. The Morgan fingerprint density at radius 1 is 0.528 bits per heavy atom. The lowest BCUT2D eigenvalue weighted by Gasteiger charge is -2.49. The van der Waals surface area contributed by atoms with E-state index in [1.807, 2.05) is 161 Å². The standard InChI is InChI=1S/C51H86N4O12.C43H72N4O9/c1-15-40-51(10,60)44(56)34(6)55(13)29-30(2)26-49(8,59)46(32(4)42(33(5)47(58)65-40)66-41-27-50(9,61-14)45(57)35(7)64-41)67-48-43(39(54(11)12)25-31(3)63-48)62-24-18-22-52-28-36-21-23-53-38-20-17-16-19-37(36)38;1-12-35-43(8,52)38(49)30(6)47(11)25-26(2)23-42(7,51)39(28(4)36(48)29(5)40(50)55-35)56-41-37(34(46(9)10)22-27(3)54-41)53-21-15-19-44-24-31-18-20-45-33-17-14-13-16-32(31)33/h16-17,19-21,23,30-35,39-46,48,52,56-57,59-60H,15,18,22,24-29H2,1-14H3;13-14,16-18,20,26-30,34-39,41,44,48-49,51-52H,12,15,19,21-25H2,1-11H3/t30-,31-,32+,33-,34-,35+,39+,40-,41+,42+,43-,44-,45+,46-,48+,49-,50-,51-;26-,27-,28+,29-,30-,34+,35-,36+,37-,38-,39-,41+,42-,43-/m11/s1. The summed E-state index contributed by atoms with van der Waals surface area (Å²) >= 11 is 0. The monoisotopic (exact) mass is 1740 g/mol. The van der Waals surface area contributed by atoms with Gasteiger partial charge in [-0.2, -0.15) is 0 Å². The number of esters is 2. The Morgan fingerprint density at radius 3 is 1.34 bits per heavy atom. The number of pyridine rings is 2. The molecule has 2 aromatic carbocycles. The summed E-state index contributed by atoms with van der Waals surface area (Å²) in [6.07, 6.45) is -7.09. The molecule has 9 rings (SSSR count). The topological polar surface area (TPSA) is 360 Å². The minimum Gasteiger partial charge on any atom is -0.459 e. The van der Waals surface area contributed by atoms with E-state index >= 15 is 0 Å². The minimum atomic E-state index is -1.81. The number of methoxy groups -OCH3 is 1. The van der Waals surface area contributed by atoms with E-state index in [1.54, 1.807) is 62.3 Å². The van der Waals surface area contributed by atoms with E-state index in [1.165, 1.54) is 32.1 Å². The van der Waals surface area contributed by atoms with Gasteiger partial charge >= 0.3 is 11.9 Å². The number of likely N-dealkylation sites (N-methyl/N-ethyl adjacent to an activating group) is 4.